The van der Waals surface area contributed by atoms with Crippen molar-refractivity contribution in [1.29, 1.82) is 0 Å². The maximum Gasteiger partial charge on any atom is 0.264 e. The molecule has 0 saturated carbocycles. The van der Waals surface area contributed by atoms with Crippen molar-refractivity contribution in [2.24, 2.45) is 0 Å². The first-order valence-corrected chi connectivity index (χ1v) is 8.65. The zero-order valence-corrected chi connectivity index (χ0v) is 13.1. The third-order valence-corrected chi connectivity index (χ3v) is 4.01. The van der Waals surface area contributed by atoms with E-state index < -0.39 is 39.5 Å². The highest BCUT2D eigenvalue weighted by Gasteiger charge is 2.32. The number of carbonyl (C=O) groups excluding carboxylic acids is 2. The van der Waals surface area contributed by atoms with Gasteiger partial charge in [-0.2, -0.15) is 8.42 Å². The highest BCUT2D eigenvalue weighted by atomic mass is 32.2. The van der Waals surface area contributed by atoms with Crippen LogP contribution in [0.3, 0.4) is 0 Å². The molecule has 1 heterocycles. The Labute approximate surface area is 131 Å². The van der Waals surface area contributed by atoms with E-state index in [-0.39, 0.29) is 37.0 Å². The maximum absolute atomic E-state index is 14.2. The second kappa shape index (κ2) is 6.71. The van der Waals surface area contributed by atoms with Crippen LogP contribution in [0.25, 0.3) is 0 Å². The van der Waals surface area contributed by atoms with Crippen LogP contribution >= 0.6 is 0 Å². The van der Waals surface area contributed by atoms with E-state index in [1.165, 1.54) is 0 Å². The summed E-state index contributed by atoms with van der Waals surface area (Å²) in [6, 6.07) is 2.07. The summed E-state index contributed by atoms with van der Waals surface area (Å²) >= 11 is 0. The van der Waals surface area contributed by atoms with Gasteiger partial charge < -0.3 is 0 Å². The molecule has 1 N–H and O–H groups in total. The molecule has 1 fully saturated rings. The minimum Gasteiger partial charge on any atom is -0.296 e. The molecule has 1 aliphatic rings. The molecule has 0 aliphatic carbocycles. The molecule has 0 aromatic heterocycles. The number of imide groups is 1. The summed E-state index contributed by atoms with van der Waals surface area (Å²) in [7, 11) is -3.62. The molecule has 1 saturated heterocycles. The van der Waals surface area contributed by atoms with E-state index in [2.05, 4.69) is 4.18 Å². The predicted molar refractivity (Wildman–Crippen MR) is 76.0 cm³/mol. The van der Waals surface area contributed by atoms with E-state index in [1.54, 1.807) is 0 Å². The fraction of sp³-hybridized carbons (Fsp3) is 0.429. The Morgan fingerprint density at radius 1 is 1.26 bits per heavy atom. The normalized spacial score (nSPS) is 18.8. The molecule has 0 unspecified atom stereocenters. The predicted octanol–water partition coefficient (Wildman–Crippen LogP) is 1.00. The number of hydrogen-bond donors (Lipinski definition) is 1. The lowest BCUT2D eigenvalue weighted by atomic mass is 9.89. The number of benzene rings is 1. The Morgan fingerprint density at radius 2 is 1.87 bits per heavy atom. The van der Waals surface area contributed by atoms with Crippen LogP contribution in [0.15, 0.2) is 12.1 Å². The van der Waals surface area contributed by atoms with Crippen molar-refractivity contribution in [3.8, 4) is 0 Å². The fourth-order valence-electron chi connectivity index (χ4n) is 2.39. The van der Waals surface area contributed by atoms with Crippen molar-refractivity contribution >= 4 is 21.9 Å². The Balaban J connectivity index is 2.17. The molecular weight excluding hydrogens is 332 g/mol. The molecule has 1 aromatic rings. The number of nitrogens with one attached hydrogen (secondary N) is 1. The van der Waals surface area contributed by atoms with Crippen LogP contribution in [-0.4, -0.2) is 33.1 Å². The van der Waals surface area contributed by atoms with E-state index in [9.17, 15) is 26.8 Å². The quantitative estimate of drug-likeness (QED) is 0.634. The van der Waals surface area contributed by atoms with Gasteiger partial charge in [-0.15, -0.1) is 0 Å². The fourth-order valence-corrected chi connectivity index (χ4v) is 2.78. The topological polar surface area (TPSA) is 89.5 Å². The van der Waals surface area contributed by atoms with Gasteiger partial charge in [0, 0.05) is 12.0 Å². The molecule has 23 heavy (non-hydrogen) atoms. The minimum atomic E-state index is -3.62. The smallest absolute Gasteiger partial charge is 0.264 e. The second-order valence-electron chi connectivity index (χ2n) is 5.25. The Kier molecular flexibility index (Phi) is 5.10. The third-order valence-electron chi connectivity index (χ3n) is 3.41. The molecule has 0 spiro atoms. The van der Waals surface area contributed by atoms with Crippen LogP contribution in [0, 0.1) is 11.6 Å². The first kappa shape index (κ1) is 17.5. The van der Waals surface area contributed by atoms with Crippen molar-refractivity contribution in [3.05, 3.63) is 34.9 Å². The lowest BCUT2D eigenvalue weighted by Gasteiger charge is -2.22. The highest BCUT2D eigenvalue weighted by molar-refractivity contribution is 7.85. The van der Waals surface area contributed by atoms with Gasteiger partial charge >= 0.3 is 0 Å². The number of piperidine rings is 1. The summed E-state index contributed by atoms with van der Waals surface area (Å²) in [6.07, 6.45) is 0.922. The van der Waals surface area contributed by atoms with Crippen LogP contribution < -0.4 is 5.32 Å². The van der Waals surface area contributed by atoms with E-state index in [0.29, 0.717) is 0 Å². The van der Waals surface area contributed by atoms with Crippen LogP contribution in [0.5, 0.6) is 0 Å². The summed E-state index contributed by atoms with van der Waals surface area (Å²) in [6.45, 7) is -0.241. The molecule has 1 atom stereocenters. The Bertz CT molecular complexity index is 725. The number of halogens is 2. The number of carbonyl (C=O) groups is 2. The van der Waals surface area contributed by atoms with Gasteiger partial charge in [-0.3, -0.25) is 19.1 Å². The highest BCUT2D eigenvalue weighted by Crippen LogP contribution is 2.30. The van der Waals surface area contributed by atoms with Crippen molar-refractivity contribution in [2.75, 3.05) is 12.9 Å². The molecule has 2 amide bonds. The van der Waals surface area contributed by atoms with E-state index >= 15 is 0 Å². The summed E-state index contributed by atoms with van der Waals surface area (Å²) in [5, 5.41) is 2.05. The van der Waals surface area contributed by atoms with E-state index in [0.717, 1.165) is 18.4 Å². The lowest BCUT2D eigenvalue weighted by molar-refractivity contribution is -0.134. The van der Waals surface area contributed by atoms with Gasteiger partial charge in [-0.05, 0) is 30.5 Å². The summed E-state index contributed by atoms with van der Waals surface area (Å²) in [4.78, 5) is 22.8. The molecule has 126 valence electrons. The van der Waals surface area contributed by atoms with Gasteiger partial charge in [0.15, 0.2) is 0 Å². The summed E-state index contributed by atoms with van der Waals surface area (Å²) in [5.74, 6) is -4.08. The monoisotopic (exact) mass is 347 g/mol. The first-order chi connectivity index (χ1) is 10.7. The average Bonchev–Trinajstić information content (AvgIpc) is 2.39. The molecule has 6 nitrogen and oxygen atoms in total. The first-order valence-electron chi connectivity index (χ1n) is 6.83. The van der Waals surface area contributed by atoms with Crippen molar-refractivity contribution < 1.29 is 31.0 Å². The van der Waals surface area contributed by atoms with Gasteiger partial charge in [0.05, 0.1) is 18.8 Å². The van der Waals surface area contributed by atoms with Gasteiger partial charge in [0.2, 0.25) is 11.8 Å². The minimum absolute atomic E-state index is 0.00343. The molecule has 0 radical (unpaired) electrons. The zero-order chi connectivity index (χ0) is 17.2. The van der Waals surface area contributed by atoms with Gasteiger partial charge in [0.1, 0.15) is 11.6 Å². The van der Waals surface area contributed by atoms with Crippen molar-refractivity contribution in [2.45, 2.75) is 25.2 Å². The van der Waals surface area contributed by atoms with Crippen LogP contribution in [-0.2, 0) is 30.3 Å². The number of rotatable bonds is 5. The van der Waals surface area contributed by atoms with Crippen molar-refractivity contribution in [1.82, 2.24) is 5.32 Å². The zero-order valence-electron chi connectivity index (χ0n) is 12.3. The number of amides is 2. The molecular formula is C14H15F2NO5S. The largest absolute Gasteiger partial charge is 0.296 e. The molecule has 1 aliphatic heterocycles. The van der Waals surface area contributed by atoms with Crippen LogP contribution in [0.4, 0.5) is 8.78 Å². The van der Waals surface area contributed by atoms with Crippen LogP contribution in [0.2, 0.25) is 0 Å². The SMILES string of the molecule is CS(=O)(=O)OCCc1cc(F)c([C@@H]2CCC(=O)NC2=O)c(F)c1. The van der Waals surface area contributed by atoms with Gasteiger partial charge in [-0.1, -0.05) is 0 Å². The third kappa shape index (κ3) is 4.55. The summed E-state index contributed by atoms with van der Waals surface area (Å²) < 4.78 is 54.5. The van der Waals surface area contributed by atoms with E-state index in [1.807, 2.05) is 5.32 Å². The molecule has 1 aromatic carbocycles. The average molecular weight is 347 g/mol. The lowest BCUT2D eigenvalue weighted by Crippen LogP contribution is -2.40. The standard InChI is InChI=1S/C14H15F2NO5S/c1-23(20,21)22-5-4-8-6-10(15)13(11(16)7-8)9-2-3-12(18)17-14(9)19/h6-7,9H,2-5H2,1H3,(H,17,18,19)/t9-/m0/s1. The van der Waals surface area contributed by atoms with Crippen LogP contribution in [0.1, 0.15) is 29.9 Å². The van der Waals surface area contributed by atoms with E-state index in [4.69, 9.17) is 0 Å². The Hall–Kier alpha value is -1.87. The van der Waals surface area contributed by atoms with Gasteiger partial charge in [-0.25, -0.2) is 8.78 Å². The molecule has 9 heteroatoms. The Morgan fingerprint density at radius 3 is 2.39 bits per heavy atom. The van der Waals surface area contributed by atoms with Gasteiger partial charge in [0.25, 0.3) is 10.1 Å². The second-order valence-corrected chi connectivity index (χ2v) is 6.90. The maximum atomic E-state index is 14.2. The summed E-state index contributed by atoms with van der Waals surface area (Å²) in [5.41, 5.74) is -0.178. The molecule has 2 rings (SSSR count). The molecule has 0 bridgehead atoms. The number of hydrogen-bond acceptors (Lipinski definition) is 5. The van der Waals surface area contributed by atoms with Crippen molar-refractivity contribution in [3.63, 3.8) is 0 Å².